The zero-order valence-corrected chi connectivity index (χ0v) is 11.3. The third-order valence-corrected chi connectivity index (χ3v) is 5.59. The van der Waals surface area contributed by atoms with Crippen molar-refractivity contribution in [1.29, 1.82) is 0 Å². The summed E-state index contributed by atoms with van der Waals surface area (Å²) < 4.78 is 0. The molecule has 3 aliphatic carbocycles. The van der Waals surface area contributed by atoms with Crippen LogP contribution < -0.4 is 0 Å². The second-order valence-electron chi connectivity index (χ2n) is 6.65. The standard InChI is InChI=1S/C15H25NO2/c1-16(13-4-2-3-5-14(13)17)15(18)12-9-10-6-7-11(12)8-10/h10-14,17H,2-9H2,1H3. The van der Waals surface area contributed by atoms with Crippen molar-refractivity contribution in [2.75, 3.05) is 7.05 Å². The predicted octanol–water partition coefficient (Wildman–Crippen LogP) is 2.18. The fourth-order valence-corrected chi connectivity index (χ4v) is 4.52. The summed E-state index contributed by atoms with van der Waals surface area (Å²) in [5.41, 5.74) is 0. The molecule has 1 amide bonds. The Kier molecular flexibility index (Phi) is 3.35. The lowest BCUT2D eigenvalue weighted by atomic mass is 9.86. The maximum absolute atomic E-state index is 12.6. The van der Waals surface area contributed by atoms with E-state index < -0.39 is 0 Å². The Labute approximate surface area is 110 Å². The Balaban J connectivity index is 1.64. The lowest BCUT2D eigenvalue weighted by Gasteiger charge is -2.37. The molecule has 3 heteroatoms. The number of likely N-dealkylation sites (N-methyl/N-ethyl adjacent to an activating group) is 1. The quantitative estimate of drug-likeness (QED) is 0.817. The number of nitrogens with zero attached hydrogens (tertiary/aromatic N) is 1. The van der Waals surface area contributed by atoms with E-state index in [2.05, 4.69) is 0 Å². The van der Waals surface area contributed by atoms with Gasteiger partial charge in [-0.25, -0.2) is 0 Å². The summed E-state index contributed by atoms with van der Waals surface area (Å²) in [7, 11) is 1.91. The molecule has 102 valence electrons. The first kappa shape index (κ1) is 12.5. The molecule has 0 radical (unpaired) electrons. The topological polar surface area (TPSA) is 40.5 Å². The third kappa shape index (κ3) is 2.07. The van der Waals surface area contributed by atoms with E-state index in [0.717, 1.165) is 38.0 Å². The number of rotatable bonds is 2. The minimum Gasteiger partial charge on any atom is -0.391 e. The molecule has 0 aromatic heterocycles. The zero-order valence-electron chi connectivity index (χ0n) is 11.3. The Morgan fingerprint density at radius 1 is 1.11 bits per heavy atom. The van der Waals surface area contributed by atoms with E-state index in [9.17, 15) is 9.90 Å². The summed E-state index contributed by atoms with van der Waals surface area (Å²) in [4.78, 5) is 14.5. The van der Waals surface area contributed by atoms with Crippen molar-refractivity contribution in [3.8, 4) is 0 Å². The molecule has 0 spiro atoms. The highest BCUT2D eigenvalue weighted by molar-refractivity contribution is 5.79. The highest BCUT2D eigenvalue weighted by atomic mass is 16.3. The number of aliphatic hydroxyl groups excluding tert-OH is 1. The van der Waals surface area contributed by atoms with Crippen molar-refractivity contribution in [2.45, 2.75) is 63.5 Å². The van der Waals surface area contributed by atoms with Gasteiger partial charge in [0.15, 0.2) is 0 Å². The van der Waals surface area contributed by atoms with Gasteiger partial charge >= 0.3 is 0 Å². The maximum atomic E-state index is 12.6. The number of carbonyl (C=O) groups excluding carboxylic acids is 1. The molecule has 3 nitrogen and oxygen atoms in total. The van der Waals surface area contributed by atoms with E-state index in [1.165, 1.54) is 19.3 Å². The van der Waals surface area contributed by atoms with Gasteiger partial charge in [0.05, 0.1) is 12.1 Å². The summed E-state index contributed by atoms with van der Waals surface area (Å²) in [6, 6.07) is 0.0744. The SMILES string of the molecule is CN(C(=O)C1CC2CCC1C2)C1CCCCC1O. The average Bonchev–Trinajstić information content (AvgIpc) is 3.00. The minimum absolute atomic E-state index is 0.0744. The van der Waals surface area contributed by atoms with Crippen LogP contribution in [0.1, 0.15) is 51.4 Å². The summed E-state index contributed by atoms with van der Waals surface area (Å²) in [5, 5.41) is 10.1. The summed E-state index contributed by atoms with van der Waals surface area (Å²) in [5.74, 6) is 2.04. The van der Waals surface area contributed by atoms with Crippen molar-refractivity contribution in [3.05, 3.63) is 0 Å². The van der Waals surface area contributed by atoms with Gasteiger partial charge in [-0.05, 0) is 43.9 Å². The van der Waals surface area contributed by atoms with E-state index in [-0.39, 0.29) is 18.1 Å². The molecule has 0 heterocycles. The number of hydrogen-bond donors (Lipinski definition) is 1. The van der Waals surface area contributed by atoms with E-state index in [1.807, 2.05) is 11.9 Å². The summed E-state index contributed by atoms with van der Waals surface area (Å²) >= 11 is 0. The van der Waals surface area contributed by atoms with Crippen LogP contribution in [0, 0.1) is 17.8 Å². The molecule has 0 aromatic rings. The van der Waals surface area contributed by atoms with Crippen LogP contribution in [0.15, 0.2) is 0 Å². The molecular weight excluding hydrogens is 226 g/mol. The number of amides is 1. The van der Waals surface area contributed by atoms with E-state index in [1.54, 1.807) is 0 Å². The molecule has 3 fully saturated rings. The lowest BCUT2D eigenvalue weighted by Crippen LogP contribution is -2.49. The van der Waals surface area contributed by atoms with E-state index >= 15 is 0 Å². The van der Waals surface area contributed by atoms with Crippen LogP contribution >= 0.6 is 0 Å². The average molecular weight is 251 g/mol. The fraction of sp³-hybridized carbons (Fsp3) is 0.933. The smallest absolute Gasteiger partial charge is 0.226 e. The molecular formula is C15H25NO2. The molecule has 3 aliphatic rings. The van der Waals surface area contributed by atoms with Crippen molar-refractivity contribution < 1.29 is 9.90 Å². The third-order valence-electron chi connectivity index (χ3n) is 5.59. The van der Waals surface area contributed by atoms with Gasteiger partial charge in [-0.3, -0.25) is 4.79 Å². The molecule has 5 unspecified atom stereocenters. The summed E-state index contributed by atoms with van der Waals surface area (Å²) in [6.07, 6.45) is 8.76. The Bertz CT molecular complexity index is 330. The van der Waals surface area contributed by atoms with Gasteiger partial charge in [0, 0.05) is 13.0 Å². The molecule has 18 heavy (non-hydrogen) atoms. The number of aliphatic hydroxyl groups is 1. The van der Waals surface area contributed by atoms with Crippen molar-refractivity contribution in [2.24, 2.45) is 17.8 Å². The number of fused-ring (bicyclic) bond motifs is 2. The predicted molar refractivity (Wildman–Crippen MR) is 70.0 cm³/mol. The van der Waals surface area contributed by atoms with Crippen LogP contribution in [-0.2, 0) is 4.79 Å². The Morgan fingerprint density at radius 2 is 1.89 bits per heavy atom. The van der Waals surface area contributed by atoms with Gasteiger partial charge in [-0.15, -0.1) is 0 Å². The minimum atomic E-state index is -0.300. The van der Waals surface area contributed by atoms with Crippen LogP contribution in [0.25, 0.3) is 0 Å². The Morgan fingerprint density at radius 3 is 2.50 bits per heavy atom. The first-order valence-corrected chi connectivity index (χ1v) is 7.61. The number of carbonyl (C=O) groups is 1. The van der Waals surface area contributed by atoms with Gasteiger partial charge in [0.2, 0.25) is 5.91 Å². The first-order valence-electron chi connectivity index (χ1n) is 7.61. The normalized spacial score (nSPS) is 43.1. The molecule has 2 bridgehead atoms. The second-order valence-corrected chi connectivity index (χ2v) is 6.65. The molecule has 3 saturated carbocycles. The Hall–Kier alpha value is -0.570. The highest BCUT2D eigenvalue weighted by Gasteiger charge is 2.45. The van der Waals surface area contributed by atoms with Crippen LogP contribution in [0.4, 0.5) is 0 Å². The second kappa shape index (κ2) is 4.84. The van der Waals surface area contributed by atoms with E-state index in [4.69, 9.17) is 0 Å². The molecule has 1 N–H and O–H groups in total. The first-order chi connectivity index (χ1) is 8.66. The lowest BCUT2D eigenvalue weighted by molar-refractivity contribution is -0.141. The van der Waals surface area contributed by atoms with Crippen LogP contribution in [0.5, 0.6) is 0 Å². The molecule has 3 rings (SSSR count). The van der Waals surface area contributed by atoms with Crippen molar-refractivity contribution in [3.63, 3.8) is 0 Å². The largest absolute Gasteiger partial charge is 0.391 e. The summed E-state index contributed by atoms with van der Waals surface area (Å²) in [6.45, 7) is 0. The van der Waals surface area contributed by atoms with Gasteiger partial charge in [-0.2, -0.15) is 0 Å². The van der Waals surface area contributed by atoms with Gasteiger partial charge in [0.25, 0.3) is 0 Å². The van der Waals surface area contributed by atoms with Gasteiger partial charge in [0.1, 0.15) is 0 Å². The molecule has 0 aliphatic heterocycles. The highest BCUT2D eigenvalue weighted by Crippen LogP contribution is 2.49. The van der Waals surface area contributed by atoms with Gasteiger partial charge < -0.3 is 10.0 Å². The van der Waals surface area contributed by atoms with Crippen LogP contribution in [0.2, 0.25) is 0 Å². The monoisotopic (exact) mass is 251 g/mol. The van der Waals surface area contributed by atoms with Crippen molar-refractivity contribution in [1.82, 2.24) is 4.90 Å². The van der Waals surface area contributed by atoms with Crippen LogP contribution in [-0.4, -0.2) is 35.1 Å². The van der Waals surface area contributed by atoms with Crippen molar-refractivity contribution >= 4 is 5.91 Å². The number of hydrogen-bond acceptors (Lipinski definition) is 2. The van der Waals surface area contributed by atoms with Crippen LogP contribution in [0.3, 0.4) is 0 Å². The fourth-order valence-electron chi connectivity index (χ4n) is 4.52. The van der Waals surface area contributed by atoms with E-state index in [0.29, 0.717) is 11.8 Å². The molecule has 0 saturated heterocycles. The molecule has 0 aromatic carbocycles. The maximum Gasteiger partial charge on any atom is 0.226 e. The van der Waals surface area contributed by atoms with Gasteiger partial charge in [-0.1, -0.05) is 19.3 Å². The zero-order chi connectivity index (χ0) is 12.7. The molecule has 5 atom stereocenters.